The van der Waals surface area contributed by atoms with Crippen LogP contribution in [-0.4, -0.2) is 41.6 Å². The Hall–Kier alpha value is -2.55. The van der Waals surface area contributed by atoms with Crippen LogP contribution in [0.5, 0.6) is 0 Å². The maximum atomic E-state index is 12.8. The zero-order valence-electron chi connectivity index (χ0n) is 15.0. The van der Waals surface area contributed by atoms with Gasteiger partial charge >= 0.3 is 6.09 Å². The molecule has 0 saturated carbocycles. The lowest BCUT2D eigenvalue weighted by Gasteiger charge is -2.36. The highest BCUT2D eigenvalue weighted by atomic mass is 16.6. The summed E-state index contributed by atoms with van der Waals surface area (Å²) in [5.41, 5.74) is 0.538. The molecule has 0 aromatic heterocycles. The predicted molar refractivity (Wildman–Crippen MR) is 94.1 cm³/mol. The zero-order valence-corrected chi connectivity index (χ0v) is 15.0. The average molecular weight is 343 g/mol. The topological polar surface area (TPSA) is 82.4 Å². The number of piperidine rings is 1. The van der Waals surface area contributed by atoms with Crippen LogP contribution in [0.1, 0.15) is 56.0 Å². The summed E-state index contributed by atoms with van der Waals surface area (Å²) in [6.45, 7) is 6.48. The van der Waals surface area contributed by atoms with Crippen LogP contribution in [0.15, 0.2) is 24.3 Å². The summed E-state index contributed by atoms with van der Waals surface area (Å²) in [5.74, 6) is -0.0693. The van der Waals surface area contributed by atoms with Crippen LogP contribution in [0.25, 0.3) is 0 Å². The van der Waals surface area contributed by atoms with Gasteiger partial charge in [0.2, 0.25) is 0 Å². The molecule has 134 valence electrons. The molecular formula is C19H25N3O3. The number of nitrogens with one attached hydrogen (secondary N) is 1. The van der Waals surface area contributed by atoms with E-state index in [4.69, 9.17) is 10.00 Å². The van der Waals surface area contributed by atoms with Gasteiger partial charge in [0.25, 0.3) is 5.91 Å². The number of carbonyl (C=O) groups excluding carboxylic acids is 2. The molecule has 1 aromatic rings. The molecule has 0 aliphatic carbocycles. The van der Waals surface area contributed by atoms with Crippen molar-refractivity contribution in [2.45, 2.75) is 51.7 Å². The number of nitriles is 1. The SMILES string of the molecule is CC(C)(C)OC(=O)NCC1CCCCN1C(=O)c1ccc(C#N)cc1. The first kappa shape index (κ1) is 18.8. The van der Waals surface area contributed by atoms with Crippen molar-refractivity contribution in [1.82, 2.24) is 10.2 Å². The molecule has 0 radical (unpaired) electrons. The van der Waals surface area contributed by atoms with Crippen molar-refractivity contribution in [1.29, 1.82) is 5.26 Å². The highest BCUT2D eigenvalue weighted by Gasteiger charge is 2.28. The Kier molecular flexibility index (Phi) is 6.02. The average Bonchev–Trinajstić information content (AvgIpc) is 2.58. The number of hydrogen-bond donors (Lipinski definition) is 1. The number of amides is 2. The van der Waals surface area contributed by atoms with E-state index in [2.05, 4.69) is 5.32 Å². The second kappa shape index (κ2) is 8.02. The first-order chi connectivity index (χ1) is 11.8. The Bertz CT molecular complexity index is 656. The van der Waals surface area contributed by atoms with Gasteiger partial charge in [0.15, 0.2) is 0 Å². The Morgan fingerprint density at radius 1 is 1.28 bits per heavy atom. The van der Waals surface area contributed by atoms with Gasteiger partial charge in [0.05, 0.1) is 11.6 Å². The van der Waals surface area contributed by atoms with Gasteiger partial charge in [0, 0.05) is 24.7 Å². The summed E-state index contributed by atoms with van der Waals surface area (Å²) in [6.07, 6.45) is 2.35. The van der Waals surface area contributed by atoms with E-state index < -0.39 is 11.7 Å². The third kappa shape index (κ3) is 5.49. The zero-order chi connectivity index (χ0) is 18.4. The second-order valence-corrected chi connectivity index (χ2v) is 7.22. The van der Waals surface area contributed by atoms with E-state index in [0.29, 0.717) is 24.2 Å². The Morgan fingerprint density at radius 3 is 2.56 bits per heavy atom. The summed E-state index contributed by atoms with van der Waals surface area (Å²) < 4.78 is 5.25. The summed E-state index contributed by atoms with van der Waals surface area (Å²) in [5, 5.41) is 11.6. The van der Waals surface area contributed by atoms with Gasteiger partial charge < -0.3 is 15.0 Å². The van der Waals surface area contributed by atoms with Crippen LogP contribution < -0.4 is 5.32 Å². The molecule has 1 aliphatic rings. The molecule has 1 N–H and O–H groups in total. The Morgan fingerprint density at radius 2 is 1.96 bits per heavy atom. The van der Waals surface area contributed by atoms with Gasteiger partial charge in [-0.3, -0.25) is 4.79 Å². The van der Waals surface area contributed by atoms with E-state index in [9.17, 15) is 9.59 Å². The number of alkyl carbamates (subject to hydrolysis) is 1. The number of nitrogens with zero attached hydrogens (tertiary/aromatic N) is 2. The molecule has 25 heavy (non-hydrogen) atoms. The lowest BCUT2D eigenvalue weighted by atomic mass is 10.0. The molecule has 6 heteroatoms. The quantitative estimate of drug-likeness (QED) is 0.914. The minimum absolute atomic E-state index is 0.0515. The monoisotopic (exact) mass is 343 g/mol. The molecule has 6 nitrogen and oxygen atoms in total. The minimum atomic E-state index is -0.547. The minimum Gasteiger partial charge on any atom is -0.444 e. The number of carbonyl (C=O) groups is 2. The summed E-state index contributed by atoms with van der Waals surface area (Å²) in [7, 11) is 0. The predicted octanol–water partition coefficient (Wildman–Crippen LogP) is 3.08. The molecule has 0 bridgehead atoms. The molecule has 1 atom stereocenters. The van der Waals surface area contributed by atoms with E-state index in [0.717, 1.165) is 19.3 Å². The smallest absolute Gasteiger partial charge is 0.407 e. The van der Waals surface area contributed by atoms with Gasteiger partial charge in [-0.1, -0.05) is 0 Å². The highest BCUT2D eigenvalue weighted by molar-refractivity contribution is 5.94. The van der Waals surface area contributed by atoms with Gasteiger partial charge in [-0.2, -0.15) is 5.26 Å². The van der Waals surface area contributed by atoms with Crippen LogP contribution in [0.3, 0.4) is 0 Å². The van der Waals surface area contributed by atoms with Crippen molar-refractivity contribution < 1.29 is 14.3 Å². The second-order valence-electron chi connectivity index (χ2n) is 7.22. The third-order valence-corrected chi connectivity index (χ3v) is 4.03. The molecular weight excluding hydrogens is 318 g/mol. The molecule has 2 amide bonds. The molecule has 0 spiro atoms. The van der Waals surface area contributed by atoms with E-state index in [1.54, 1.807) is 24.3 Å². The number of hydrogen-bond acceptors (Lipinski definition) is 4. The Balaban J connectivity index is 2.00. The number of rotatable bonds is 3. The first-order valence-corrected chi connectivity index (χ1v) is 8.58. The standard InChI is InChI=1S/C19H25N3O3/c1-19(2,3)25-18(24)21-13-16-6-4-5-11-22(16)17(23)15-9-7-14(12-20)8-10-15/h7-10,16H,4-6,11,13H2,1-3H3,(H,21,24). The fraction of sp³-hybridized carbons (Fsp3) is 0.526. The fourth-order valence-electron chi connectivity index (χ4n) is 2.85. The molecule has 1 unspecified atom stereocenters. The lowest BCUT2D eigenvalue weighted by molar-refractivity contribution is 0.0462. The summed E-state index contributed by atoms with van der Waals surface area (Å²) in [6, 6.07) is 8.63. The van der Waals surface area contributed by atoms with Crippen LogP contribution in [0.4, 0.5) is 4.79 Å². The summed E-state index contributed by atoms with van der Waals surface area (Å²) in [4.78, 5) is 26.4. The van der Waals surface area contributed by atoms with E-state index >= 15 is 0 Å². The summed E-state index contributed by atoms with van der Waals surface area (Å²) >= 11 is 0. The lowest BCUT2D eigenvalue weighted by Crippen LogP contribution is -2.50. The van der Waals surface area contributed by atoms with Gasteiger partial charge in [-0.05, 0) is 64.3 Å². The number of likely N-dealkylation sites (tertiary alicyclic amines) is 1. The Labute approximate surface area is 148 Å². The van der Waals surface area contributed by atoms with Gasteiger partial charge in [0.1, 0.15) is 5.60 Å². The number of ether oxygens (including phenoxy) is 1. The highest BCUT2D eigenvalue weighted by Crippen LogP contribution is 2.20. The van der Waals surface area contributed by atoms with Crippen molar-refractivity contribution in [3.05, 3.63) is 35.4 Å². The van der Waals surface area contributed by atoms with Crippen molar-refractivity contribution in [3.8, 4) is 6.07 Å². The van der Waals surface area contributed by atoms with Crippen molar-refractivity contribution in [2.24, 2.45) is 0 Å². The van der Waals surface area contributed by atoms with Crippen molar-refractivity contribution >= 4 is 12.0 Å². The van der Waals surface area contributed by atoms with Crippen LogP contribution >= 0.6 is 0 Å². The molecule has 1 saturated heterocycles. The maximum absolute atomic E-state index is 12.8. The van der Waals surface area contributed by atoms with Crippen LogP contribution in [0.2, 0.25) is 0 Å². The van der Waals surface area contributed by atoms with Crippen LogP contribution in [0, 0.1) is 11.3 Å². The van der Waals surface area contributed by atoms with E-state index in [1.165, 1.54) is 0 Å². The van der Waals surface area contributed by atoms with Gasteiger partial charge in [-0.25, -0.2) is 4.79 Å². The van der Waals surface area contributed by atoms with Crippen molar-refractivity contribution in [2.75, 3.05) is 13.1 Å². The third-order valence-electron chi connectivity index (χ3n) is 4.03. The van der Waals surface area contributed by atoms with E-state index in [1.807, 2.05) is 31.7 Å². The van der Waals surface area contributed by atoms with Gasteiger partial charge in [-0.15, -0.1) is 0 Å². The molecule has 1 aliphatic heterocycles. The maximum Gasteiger partial charge on any atom is 0.407 e. The largest absolute Gasteiger partial charge is 0.444 e. The van der Waals surface area contributed by atoms with E-state index in [-0.39, 0.29) is 11.9 Å². The molecule has 1 heterocycles. The van der Waals surface area contributed by atoms with Crippen molar-refractivity contribution in [3.63, 3.8) is 0 Å². The molecule has 2 rings (SSSR count). The fourth-order valence-corrected chi connectivity index (χ4v) is 2.85. The number of benzene rings is 1. The van der Waals surface area contributed by atoms with Crippen LogP contribution in [-0.2, 0) is 4.74 Å². The molecule has 1 aromatic carbocycles. The normalized spacial score (nSPS) is 17.5. The molecule has 1 fully saturated rings. The first-order valence-electron chi connectivity index (χ1n) is 8.58.